The van der Waals surface area contributed by atoms with Gasteiger partial charge >= 0.3 is 0 Å². The molecular formula is C26H32FN5O3S. The van der Waals surface area contributed by atoms with Crippen molar-refractivity contribution in [3.63, 3.8) is 0 Å². The molecule has 2 aromatic carbocycles. The standard InChI is InChI=1S/C26H32FN5O3S/c1-18(2)32-25(19(3)35-23-8-6-5-7-22(23)34-4)28-29-26(32)36-17-24(33)31-15-13-30(14-16-31)21-11-9-20(27)10-12-21/h5-12,18-19H,13-17H2,1-4H3. The molecule has 1 saturated heterocycles. The van der Waals surface area contributed by atoms with Crippen LogP contribution in [0.4, 0.5) is 10.1 Å². The van der Waals surface area contributed by atoms with Gasteiger partial charge in [-0.2, -0.15) is 0 Å². The second kappa shape index (κ2) is 11.6. The van der Waals surface area contributed by atoms with Crippen LogP contribution in [-0.2, 0) is 4.79 Å². The van der Waals surface area contributed by atoms with Gasteiger partial charge in [-0.15, -0.1) is 10.2 Å². The second-order valence-corrected chi connectivity index (χ2v) is 9.79. The smallest absolute Gasteiger partial charge is 0.233 e. The van der Waals surface area contributed by atoms with E-state index in [1.54, 1.807) is 19.2 Å². The number of rotatable bonds is 9. The van der Waals surface area contributed by atoms with E-state index in [-0.39, 0.29) is 29.6 Å². The van der Waals surface area contributed by atoms with Crippen molar-refractivity contribution in [1.29, 1.82) is 0 Å². The molecule has 4 rings (SSSR count). The lowest BCUT2D eigenvalue weighted by molar-refractivity contribution is -0.128. The number of anilines is 1. The quantitative estimate of drug-likeness (QED) is 0.388. The third-order valence-corrected chi connectivity index (χ3v) is 7.02. The van der Waals surface area contributed by atoms with Gasteiger partial charge in [-0.25, -0.2) is 4.39 Å². The molecule has 0 bridgehead atoms. The zero-order chi connectivity index (χ0) is 25.7. The maximum absolute atomic E-state index is 13.2. The van der Waals surface area contributed by atoms with Crippen LogP contribution in [0.25, 0.3) is 0 Å². The zero-order valence-electron chi connectivity index (χ0n) is 21.1. The summed E-state index contributed by atoms with van der Waals surface area (Å²) >= 11 is 1.39. The van der Waals surface area contributed by atoms with Gasteiger partial charge in [-0.1, -0.05) is 23.9 Å². The van der Waals surface area contributed by atoms with Crippen molar-refractivity contribution in [2.75, 3.05) is 43.9 Å². The summed E-state index contributed by atoms with van der Waals surface area (Å²) in [5.74, 6) is 2.08. The highest BCUT2D eigenvalue weighted by Crippen LogP contribution is 2.32. The predicted molar refractivity (Wildman–Crippen MR) is 138 cm³/mol. The van der Waals surface area contributed by atoms with Crippen LogP contribution in [0.5, 0.6) is 11.5 Å². The van der Waals surface area contributed by atoms with E-state index in [2.05, 4.69) is 28.9 Å². The summed E-state index contributed by atoms with van der Waals surface area (Å²) in [5, 5.41) is 9.46. The van der Waals surface area contributed by atoms with Crippen molar-refractivity contribution in [2.24, 2.45) is 0 Å². The molecule has 1 aliphatic rings. The minimum Gasteiger partial charge on any atom is -0.493 e. The van der Waals surface area contributed by atoms with Crippen LogP contribution in [0.3, 0.4) is 0 Å². The number of hydrogen-bond donors (Lipinski definition) is 0. The van der Waals surface area contributed by atoms with Gasteiger partial charge in [0, 0.05) is 37.9 Å². The molecule has 0 N–H and O–H groups in total. The number of methoxy groups -OCH3 is 1. The first-order valence-corrected chi connectivity index (χ1v) is 13.0. The van der Waals surface area contributed by atoms with E-state index in [4.69, 9.17) is 9.47 Å². The Bertz CT molecular complexity index is 1160. The highest BCUT2D eigenvalue weighted by molar-refractivity contribution is 7.99. The number of para-hydroxylation sites is 2. The van der Waals surface area contributed by atoms with Crippen molar-refractivity contribution in [3.05, 3.63) is 60.2 Å². The zero-order valence-corrected chi connectivity index (χ0v) is 21.9. The van der Waals surface area contributed by atoms with E-state index in [1.165, 1.54) is 23.9 Å². The van der Waals surface area contributed by atoms with Crippen molar-refractivity contribution < 1.29 is 18.7 Å². The lowest BCUT2D eigenvalue weighted by Crippen LogP contribution is -2.49. The first-order valence-electron chi connectivity index (χ1n) is 12.0. The van der Waals surface area contributed by atoms with Gasteiger partial charge in [0.05, 0.1) is 12.9 Å². The first-order chi connectivity index (χ1) is 17.4. The molecule has 3 aromatic rings. The van der Waals surface area contributed by atoms with Crippen LogP contribution in [0.1, 0.15) is 38.7 Å². The lowest BCUT2D eigenvalue weighted by atomic mass is 10.2. The Labute approximate surface area is 215 Å². The number of thioether (sulfide) groups is 1. The highest BCUT2D eigenvalue weighted by Gasteiger charge is 2.25. The van der Waals surface area contributed by atoms with Gasteiger partial charge in [-0.05, 0) is 57.2 Å². The maximum Gasteiger partial charge on any atom is 0.233 e. The topological polar surface area (TPSA) is 72.7 Å². The molecule has 2 heterocycles. The van der Waals surface area contributed by atoms with E-state index >= 15 is 0 Å². The number of carbonyl (C=O) groups excluding carboxylic acids is 1. The molecule has 8 nitrogen and oxygen atoms in total. The summed E-state index contributed by atoms with van der Waals surface area (Å²) in [4.78, 5) is 17.0. The number of amides is 1. The van der Waals surface area contributed by atoms with Crippen molar-refractivity contribution in [3.8, 4) is 11.5 Å². The summed E-state index contributed by atoms with van der Waals surface area (Å²) in [6.45, 7) is 8.73. The summed E-state index contributed by atoms with van der Waals surface area (Å²) in [7, 11) is 1.61. The maximum atomic E-state index is 13.2. The van der Waals surface area contributed by atoms with Crippen molar-refractivity contribution in [2.45, 2.75) is 38.1 Å². The number of piperazine rings is 1. The Morgan fingerprint density at radius 3 is 2.31 bits per heavy atom. The van der Waals surface area contributed by atoms with Crippen LogP contribution in [0.2, 0.25) is 0 Å². The molecule has 0 radical (unpaired) electrons. The first kappa shape index (κ1) is 25.8. The van der Waals surface area contributed by atoms with E-state index in [0.717, 1.165) is 5.69 Å². The monoisotopic (exact) mass is 513 g/mol. The third kappa shape index (κ3) is 5.92. The molecule has 10 heteroatoms. The summed E-state index contributed by atoms with van der Waals surface area (Å²) in [6, 6.07) is 14.1. The molecule has 0 spiro atoms. The number of benzene rings is 2. The Balaban J connectivity index is 1.36. The number of aromatic nitrogens is 3. The van der Waals surface area contributed by atoms with Crippen LogP contribution < -0.4 is 14.4 Å². The van der Waals surface area contributed by atoms with Gasteiger partial charge in [0.15, 0.2) is 28.6 Å². The Morgan fingerprint density at radius 2 is 1.67 bits per heavy atom. The molecule has 1 fully saturated rings. The number of carbonyl (C=O) groups is 1. The molecule has 1 unspecified atom stereocenters. The summed E-state index contributed by atoms with van der Waals surface area (Å²) < 4.78 is 26.8. The van der Waals surface area contributed by atoms with Crippen molar-refractivity contribution in [1.82, 2.24) is 19.7 Å². The molecule has 192 valence electrons. The van der Waals surface area contributed by atoms with Gasteiger partial charge < -0.3 is 23.8 Å². The SMILES string of the molecule is COc1ccccc1OC(C)c1nnc(SCC(=O)N2CCN(c3ccc(F)cc3)CC2)n1C(C)C. The van der Waals surface area contributed by atoms with Crippen LogP contribution in [-0.4, -0.2) is 64.6 Å². The molecule has 1 atom stereocenters. The Morgan fingerprint density at radius 1 is 1.00 bits per heavy atom. The van der Waals surface area contributed by atoms with Crippen LogP contribution >= 0.6 is 11.8 Å². The minimum atomic E-state index is -0.360. The molecule has 36 heavy (non-hydrogen) atoms. The molecule has 0 saturated carbocycles. The average Bonchev–Trinajstić information content (AvgIpc) is 3.33. The number of nitrogens with zero attached hydrogens (tertiary/aromatic N) is 5. The molecule has 1 aromatic heterocycles. The van der Waals surface area contributed by atoms with E-state index in [9.17, 15) is 9.18 Å². The molecular weight excluding hydrogens is 481 g/mol. The fraction of sp³-hybridized carbons (Fsp3) is 0.423. The minimum absolute atomic E-state index is 0.0666. The van der Waals surface area contributed by atoms with Gasteiger partial charge in [0.1, 0.15) is 5.82 Å². The number of hydrogen-bond acceptors (Lipinski definition) is 7. The third-order valence-electron chi connectivity index (χ3n) is 6.09. The van der Waals surface area contributed by atoms with Crippen LogP contribution in [0.15, 0.2) is 53.7 Å². The second-order valence-electron chi connectivity index (χ2n) is 8.85. The molecule has 1 amide bonds. The van der Waals surface area contributed by atoms with Gasteiger partial charge in [0.25, 0.3) is 0 Å². The summed E-state index contributed by atoms with van der Waals surface area (Å²) in [5.41, 5.74) is 0.972. The Hall–Kier alpha value is -3.27. The van der Waals surface area contributed by atoms with Crippen molar-refractivity contribution >= 4 is 23.4 Å². The van der Waals surface area contributed by atoms with Gasteiger partial charge in [-0.3, -0.25) is 4.79 Å². The average molecular weight is 514 g/mol. The molecule has 1 aliphatic heterocycles. The number of ether oxygens (including phenoxy) is 2. The largest absolute Gasteiger partial charge is 0.493 e. The van der Waals surface area contributed by atoms with Crippen LogP contribution in [0, 0.1) is 5.82 Å². The number of halogens is 1. The fourth-order valence-corrected chi connectivity index (χ4v) is 5.17. The van der Waals surface area contributed by atoms with Gasteiger partial charge in [0.2, 0.25) is 5.91 Å². The highest BCUT2D eigenvalue weighted by atomic mass is 32.2. The normalized spacial score (nSPS) is 14.7. The van der Waals surface area contributed by atoms with E-state index < -0.39 is 0 Å². The predicted octanol–water partition coefficient (Wildman–Crippen LogP) is 4.59. The lowest BCUT2D eigenvalue weighted by Gasteiger charge is -2.36. The van der Waals surface area contributed by atoms with E-state index in [1.807, 2.05) is 40.7 Å². The van der Waals surface area contributed by atoms with E-state index in [0.29, 0.717) is 48.7 Å². The fourth-order valence-electron chi connectivity index (χ4n) is 4.19. The summed E-state index contributed by atoms with van der Waals surface area (Å²) in [6.07, 6.45) is -0.360. The Kier molecular flexibility index (Phi) is 8.35. The molecule has 0 aliphatic carbocycles.